The minimum atomic E-state index is 0. The van der Waals surface area contributed by atoms with E-state index in [1.54, 1.807) is 0 Å². The maximum atomic E-state index is 2.22. The van der Waals surface area contributed by atoms with Crippen LogP contribution in [0.15, 0.2) is 72.8 Å². The van der Waals surface area contributed by atoms with Crippen molar-refractivity contribution >= 4 is 0 Å². The molecular weight excluding hydrogens is 456 g/mol. The zero-order valence-electron chi connectivity index (χ0n) is 25.6. The Bertz CT molecular complexity index is 838. The van der Waals surface area contributed by atoms with Gasteiger partial charge in [-0.3, -0.25) is 0 Å². The van der Waals surface area contributed by atoms with Crippen molar-refractivity contribution in [2.45, 2.75) is 135 Å². The first-order chi connectivity index (χ1) is 17.3. The Balaban J connectivity index is -0.000000194. The Morgan fingerprint density at radius 1 is 0.447 bits per heavy atom. The van der Waals surface area contributed by atoms with E-state index in [1.165, 1.54) is 65.5 Å². The molecule has 3 rings (SSSR count). The highest BCUT2D eigenvalue weighted by Gasteiger charge is 1.89. The van der Waals surface area contributed by atoms with Crippen molar-refractivity contribution < 1.29 is 0 Å². The van der Waals surface area contributed by atoms with Crippen LogP contribution in [0.1, 0.15) is 129 Å². The summed E-state index contributed by atoms with van der Waals surface area (Å²) < 4.78 is 0. The number of aryl methyl sites for hydroxylation is 6. The van der Waals surface area contributed by atoms with Gasteiger partial charge in [0, 0.05) is 0 Å². The lowest BCUT2D eigenvalue weighted by molar-refractivity contribution is 0.772. The Kier molecular flexibility index (Phi) is 34.7. The summed E-state index contributed by atoms with van der Waals surface area (Å²) >= 11 is 0. The monoisotopic (exact) mass is 523 g/mol. The van der Waals surface area contributed by atoms with Crippen molar-refractivity contribution in [3.05, 3.63) is 106 Å². The van der Waals surface area contributed by atoms with Gasteiger partial charge in [-0.15, -0.1) is 0 Å². The Labute approximate surface area is 241 Å². The molecule has 0 aromatic heterocycles. The van der Waals surface area contributed by atoms with Crippen LogP contribution in [0.3, 0.4) is 0 Å². The average molecular weight is 523 g/mol. The van der Waals surface area contributed by atoms with Gasteiger partial charge in [0.05, 0.1) is 0 Å². The highest BCUT2D eigenvalue weighted by molar-refractivity contribution is 5.25. The first kappa shape index (κ1) is 42.7. The quantitative estimate of drug-likeness (QED) is 0.302. The summed E-state index contributed by atoms with van der Waals surface area (Å²) in [4.78, 5) is 0. The summed E-state index contributed by atoms with van der Waals surface area (Å²) in [5.74, 6) is 0. The standard InChI is InChI=1S/3C9H12.C5H12.C4H10.2CH4/c1-3-9-6-4-8(2)5-7-9;1-3-9-6-4-5-8(2)7-9;1-3-9-7-5-4-6-8(9)2;1-3-5-4-2;1-3-4-2;;/h3*4-7H,3H2,1-2H3;3-5H2,1-2H3;3-4H2,1-2H3;2*1H4. The van der Waals surface area contributed by atoms with Gasteiger partial charge in [0.15, 0.2) is 0 Å². The molecule has 0 aliphatic heterocycles. The van der Waals surface area contributed by atoms with Crippen LogP contribution in [-0.4, -0.2) is 0 Å². The zero-order valence-corrected chi connectivity index (χ0v) is 25.6. The van der Waals surface area contributed by atoms with Gasteiger partial charge in [0.1, 0.15) is 0 Å². The van der Waals surface area contributed by atoms with Gasteiger partial charge in [-0.2, -0.15) is 0 Å². The van der Waals surface area contributed by atoms with E-state index in [2.05, 4.69) is 142 Å². The largest absolute Gasteiger partial charge is 0.0776 e. The summed E-state index contributed by atoms with van der Waals surface area (Å²) in [7, 11) is 0. The van der Waals surface area contributed by atoms with E-state index in [1.807, 2.05) is 0 Å². The Morgan fingerprint density at radius 3 is 1.29 bits per heavy atom. The SMILES string of the molecule is C.C.CCCC.CCCCC.CCc1ccc(C)cc1.CCc1cccc(C)c1.CCc1ccccc1C. The van der Waals surface area contributed by atoms with Crippen molar-refractivity contribution in [2.75, 3.05) is 0 Å². The predicted octanol–water partition coefficient (Wildman–Crippen LogP) is 12.9. The normalized spacial score (nSPS) is 8.68. The lowest BCUT2D eigenvalue weighted by Crippen LogP contribution is -1.82. The highest BCUT2D eigenvalue weighted by atomic mass is 14.0. The summed E-state index contributed by atoms with van der Waals surface area (Å²) in [5.41, 5.74) is 8.40. The molecule has 0 heteroatoms. The van der Waals surface area contributed by atoms with E-state index in [4.69, 9.17) is 0 Å². The molecular formula is C38H66. The van der Waals surface area contributed by atoms with Crippen LogP contribution in [0.25, 0.3) is 0 Å². The molecule has 0 heterocycles. The third kappa shape index (κ3) is 25.3. The second-order valence-electron chi connectivity index (χ2n) is 9.32. The molecule has 0 bridgehead atoms. The second kappa shape index (κ2) is 30.9. The summed E-state index contributed by atoms with van der Waals surface area (Å²) in [6.45, 7) is 21.7. The van der Waals surface area contributed by atoms with E-state index in [-0.39, 0.29) is 14.9 Å². The van der Waals surface area contributed by atoms with Gasteiger partial charge in [0.25, 0.3) is 0 Å². The second-order valence-corrected chi connectivity index (χ2v) is 9.32. The molecule has 218 valence electrons. The number of rotatable bonds is 6. The molecule has 0 saturated carbocycles. The molecule has 0 amide bonds. The Morgan fingerprint density at radius 2 is 0.974 bits per heavy atom. The third-order valence-electron chi connectivity index (χ3n) is 5.87. The molecule has 3 aromatic rings. The zero-order chi connectivity index (χ0) is 27.6. The number of hydrogen-bond acceptors (Lipinski definition) is 0. The van der Waals surface area contributed by atoms with E-state index >= 15 is 0 Å². The fourth-order valence-corrected chi connectivity index (χ4v) is 3.12. The minimum Gasteiger partial charge on any atom is -0.0776 e. The molecule has 0 nitrogen and oxygen atoms in total. The van der Waals surface area contributed by atoms with E-state index in [0.29, 0.717) is 0 Å². The lowest BCUT2D eigenvalue weighted by Gasteiger charge is -1.98. The van der Waals surface area contributed by atoms with Crippen LogP contribution >= 0.6 is 0 Å². The van der Waals surface area contributed by atoms with Gasteiger partial charge in [0.2, 0.25) is 0 Å². The van der Waals surface area contributed by atoms with Crippen LogP contribution in [0.4, 0.5) is 0 Å². The smallest absolute Gasteiger partial charge is 0.0305 e. The number of unbranched alkanes of at least 4 members (excludes halogenated alkanes) is 3. The lowest BCUT2D eigenvalue weighted by atomic mass is 10.1. The van der Waals surface area contributed by atoms with Crippen molar-refractivity contribution in [2.24, 2.45) is 0 Å². The Hall–Kier alpha value is -2.34. The van der Waals surface area contributed by atoms with Gasteiger partial charge in [-0.05, 0) is 62.3 Å². The molecule has 0 unspecified atom stereocenters. The van der Waals surface area contributed by atoms with Gasteiger partial charge >= 0.3 is 0 Å². The van der Waals surface area contributed by atoms with Gasteiger partial charge < -0.3 is 0 Å². The summed E-state index contributed by atoms with van der Waals surface area (Å²) in [6, 6.07) is 25.8. The third-order valence-corrected chi connectivity index (χ3v) is 5.87. The summed E-state index contributed by atoms with van der Waals surface area (Å²) in [5, 5.41) is 0. The number of hydrogen-bond donors (Lipinski definition) is 0. The van der Waals surface area contributed by atoms with Crippen LogP contribution in [0, 0.1) is 20.8 Å². The van der Waals surface area contributed by atoms with Crippen molar-refractivity contribution in [1.82, 2.24) is 0 Å². The first-order valence-electron chi connectivity index (χ1n) is 14.5. The highest BCUT2D eigenvalue weighted by Crippen LogP contribution is 2.06. The molecule has 0 atom stereocenters. The van der Waals surface area contributed by atoms with Crippen LogP contribution in [0.2, 0.25) is 0 Å². The topological polar surface area (TPSA) is 0 Å². The van der Waals surface area contributed by atoms with Crippen LogP contribution < -0.4 is 0 Å². The fourth-order valence-electron chi connectivity index (χ4n) is 3.12. The molecule has 0 fully saturated rings. The van der Waals surface area contributed by atoms with Crippen molar-refractivity contribution in [3.8, 4) is 0 Å². The van der Waals surface area contributed by atoms with Crippen molar-refractivity contribution in [3.63, 3.8) is 0 Å². The fraction of sp³-hybridized carbons (Fsp3) is 0.526. The molecule has 0 radical (unpaired) electrons. The van der Waals surface area contributed by atoms with Crippen LogP contribution in [0.5, 0.6) is 0 Å². The first-order valence-corrected chi connectivity index (χ1v) is 14.5. The van der Waals surface area contributed by atoms with E-state index < -0.39 is 0 Å². The maximum Gasteiger partial charge on any atom is -0.0305 e. The number of benzene rings is 3. The molecule has 38 heavy (non-hydrogen) atoms. The summed E-state index contributed by atoms with van der Waals surface area (Å²) in [6.07, 6.45) is 10.1. The van der Waals surface area contributed by atoms with Gasteiger partial charge in [-0.25, -0.2) is 0 Å². The average Bonchev–Trinajstić information content (AvgIpc) is 2.91. The maximum absolute atomic E-state index is 2.22. The molecule has 0 N–H and O–H groups in total. The van der Waals surface area contributed by atoms with E-state index in [9.17, 15) is 0 Å². The van der Waals surface area contributed by atoms with E-state index in [0.717, 1.165) is 19.3 Å². The molecule has 0 aliphatic rings. The van der Waals surface area contributed by atoms with Crippen molar-refractivity contribution in [1.29, 1.82) is 0 Å². The van der Waals surface area contributed by atoms with Crippen LogP contribution in [-0.2, 0) is 19.3 Å². The predicted molar refractivity (Wildman–Crippen MR) is 181 cm³/mol. The molecule has 0 saturated heterocycles. The molecule has 3 aromatic carbocycles. The minimum absolute atomic E-state index is 0. The molecule has 0 spiro atoms. The van der Waals surface area contributed by atoms with Gasteiger partial charge in [-0.1, -0.05) is 179 Å². The molecule has 0 aliphatic carbocycles.